The van der Waals surface area contributed by atoms with Gasteiger partial charge < -0.3 is 14.5 Å². The summed E-state index contributed by atoms with van der Waals surface area (Å²) in [5.41, 5.74) is 2.42. The Morgan fingerprint density at radius 1 is 1.22 bits per heavy atom. The van der Waals surface area contributed by atoms with Gasteiger partial charge >= 0.3 is 59.1 Å². The molecule has 0 N–H and O–H groups in total. The summed E-state index contributed by atoms with van der Waals surface area (Å²) >= 11 is -2.35. The molecule has 0 aliphatic carbocycles. The first-order valence-corrected chi connectivity index (χ1v) is 5.81. The number of benzene rings is 1. The van der Waals surface area contributed by atoms with Crippen LogP contribution in [0.5, 0.6) is 0 Å². The summed E-state index contributed by atoms with van der Waals surface area (Å²) in [6, 6.07) is 1.68. The van der Waals surface area contributed by atoms with Crippen LogP contribution in [0, 0.1) is 20.8 Å². The van der Waals surface area contributed by atoms with E-state index in [2.05, 4.69) is 0 Å². The second kappa shape index (κ2) is 8.87. The molecule has 0 spiro atoms. The molecular formula is C11H12Na2O4S. The van der Waals surface area contributed by atoms with Crippen molar-refractivity contribution in [1.29, 1.82) is 0 Å². The Morgan fingerprint density at radius 2 is 1.72 bits per heavy atom. The Morgan fingerprint density at radius 3 is 2.11 bits per heavy atom. The first kappa shape index (κ1) is 21.1. The molecule has 4 nitrogen and oxygen atoms in total. The van der Waals surface area contributed by atoms with E-state index in [1.54, 1.807) is 26.8 Å². The van der Waals surface area contributed by atoms with Gasteiger partial charge in [-0.15, -0.1) is 0 Å². The van der Waals surface area contributed by atoms with Crippen LogP contribution >= 0.6 is 0 Å². The van der Waals surface area contributed by atoms with Gasteiger partial charge in [0.05, 0.1) is 0 Å². The van der Waals surface area contributed by atoms with Crippen LogP contribution in [0.3, 0.4) is 0 Å². The number of carboxylic acid groups (broad SMARTS) is 1. The summed E-state index contributed by atoms with van der Waals surface area (Å²) in [7, 11) is 0. The molecule has 1 aromatic carbocycles. The average molecular weight is 286 g/mol. The van der Waals surface area contributed by atoms with Crippen molar-refractivity contribution in [3.63, 3.8) is 0 Å². The van der Waals surface area contributed by atoms with E-state index in [0.29, 0.717) is 16.7 Å². The second-order valence-corrected chi connectivity index (χ2v) is 4.60. The number of aliphatic carboxylic acids is 1. The zero-order valence-corrected chi connectivity index (χ0v) is 16.1. The minimum absolute atomic E-state index is 0. The molecule has 0 aliphatic rings. The smallest absolute Gasteiger partial charge is 0.768 e. The van der Waals surface area contributed by atoms with Gasteiger partial charge in [0.2, 0.25) is 0 Å². The minimum Gasteiger partial charge on any atom is -0.768 e. The first-order chi connectivity index (χ1) is 7.34. The van der Waals surface area contributed by atoms with E-state index in [4.69, 9.17) is 0 Å². The van der Waals surface area contributed by atoms with Crippen molar-refractivity contribution in [2.24, 2.45) is 0 Å². The van der Waals surface area contributed by atoms with Crippen molar-refractivity contribution >= 4 is 17.0 Å². The first-order valence-electron chi connectivity index (χ1n) is 4.73. The molecule has 0 saturated heterocycles. The van der Waals surface area contributed by atoms with Gasteiger partial charge in [-0.3, -0.25) is 4.21 Å². The summed E-state index contributed by atoms with van der Waals surface area (Å²) < 4.78 is 22.1. The minimum atomic E-state index is -2.35. The monoisotopic (exact) mass is 286 g/mol. The topological polar surface area (TPSA) is 80.3 Å². The fraction of sp³-hybridized carbons (Fsp3) is 0.364. The van der Waals surface area contributed by atoms with Crippen LogP contribution in [0.4, 0.5) is 0 Å². The Bertz CT molecular complexity index is 475. The zero-order chi connectivity index (χ0) is 12.5. The van der Waals surface area contributed by atoms with Crippen LogP contribution < -0.4 is 64.2 Å². The predicted molar refractivity (Wildman–Crippen MR) is 56.5 cm³/mol. The zero-order valence-electron chi connectivity index (χ0n) is 11.3. The molecule has 1 atom stereocenters. The Hall–Kier alpha value is 0.800. The van der Waals surface area contributed by atoms with Gasteiger partial charge in [0, 0.05) is 17.3 Å². The third-order valence-electron chi connectivity index (χ3n) is 2.55. The third kappa shape index (κ3) is 5.06. The van der Waals surface area contributed by atoms with Crippen molar-refractivity contribution in [2.75, 3.05) is 0 Å². The van der Waals surface area contributed by atoms with Crippen molar-refractivity contribution in [2.45, 2.75) is 32.1 Å². The van der Waals surface area contributed by atoms with Gasteiger partial charge in [-0.2, -0.15) is 0 Å². The molecule has 1 unspecified atom stereocenters. The van der Waals surface area contributed by atoms with Crippen LogP contribution in [-0.4, -0.2) is 14.7 Å². The Labute approximate surface area is 153 Å². The van der Waals surface area contributed by atoms with Crippen LogP contribution in [0.2, 0.25) is 0 Å². The third-order valence-corrected chi connectivity index (χ3v) is 3.51. The van der Waals surface area contributed by atoms with Gasteiger partial charge in [0.15, 0.2) is 0 Å². The Balaban J connectivity index is 0. The number of carbonyl (C=O) groups excluding carboxylic acids is 1. The summed E-state index contributed by atoms with van der Waals surface area (Å²) in [4.78, 5) is 10.8. The summed E-state index contributed by atoms with van der Waals surface area (Å²) in [6.45, 7) is 5.06. The van der Waals surface area contributed by atoms with E-state index in [9.17, 15) is 18.7 Å². The molecule has 0 fully saturated rings. The average Bonchev–Trinajstić information content (AvgIpc) is 2.10. The molecule has 0 bridgehead atoms. The van der Waals surface area contributed by atoms with Gasteiger partial charge in [-0.1, -0.05) is 6.07 Å². The molecule has 0 saturated carbocycles. The fourth-order valence-corrected chi connectivity index (χ4v) is 2.57. The molecule has 0 radical (unpaired) electrons. The molecule has 0 aliphatic heterocycles. The van der Waals surface area contributed by atoms with E-state index in [0.717, 1.165) is 5.56 Å². The number of aryl methyl sites for hydroxylation is 2. The van der Waals surface area contributed by atoms with Crippen molar-refractivity contribution in [3.05, 3.63) is 28.3 Å². The van der Waals surface area contributed by atoms with E-state index < -0.39 is 17.0 Å². The van der Waals surface area contributed by atoms with Crippen LogP contribution in [-0.2, 0) is 22.3 Å². The molecule has 1 rings (SSSR count). The van der Waals surface area contributed by atoms with E-state index in [-0.39, 0.29) is 70.4 Å². The Kier molecular flexibility index (Phi) is 10.4. The predicted octanol–water partition coefficient (Wildman–Crippen LogP) is -5.85. The maximum atomic E-state index is 11.0. The molecule has 88 valence electrons. The molecule has 18 heavy (non-hydrogen) atoms. The SMILES string of the molecule is Cc1cc(C)c(S(=O)[O-])c(C)c1CC(=O)[O-].[Na+].[Na+]. The maximum Gasteiger partial charge on any atom is 1.00 e. The largest absolute Gasteiger partial charge is 1.00 e. The van der Waals surface area contributed by atoms with Crippen molar-refractivity contribution < 1.29 is 77.8 Å². The number of carboxylic acids is 1. The van der Waals surface area contributed by atoms with Crippen LogP contribution in [0.25, 0.3) is 0 Å². The fourth-order valence-electron chi connectivity index (χ4n) is 1.88. The van der Waals surface area contributed by atoms with E-state index in [1.165, 1.54) is 0 Å². The number of hydrogen-bond acceptors (Lipinski definition) is 4. The number of carbonyl (C=O) groups is 1. The van der Waals surface area contributed by atoms with Crippen LogP contribution in [0.1, 0.15) is 22.3 Å². The quantitative estimate of drug-likeness (QED) is 0.409. The summed E-state index contributed by atoms with van der Waals surface area (Å²) in [6.07, 6.45) is -0.262. The standard InChI is InChI=1S/C11H14O4S.2Na/c1-6-4-7(2)11(16(14)15)8(3)9(6)5-10(12)13;;/h4H,5H2,1-3H3,(H,12,13)(H,14,15);;/q;2*+1/p-2. The second-order valence-electron chi connectivity index (χ2n) is 3.73. The van der Waals surface area contributed by atoms with Crippen molar-refractivity contribution in [3.8, 4) is 0 Å². The van der Waals surface area contributed by atoms with Gasteiger partial charge in [-0.25, -0.2) is 0 Å². The molecule has 0 aromatic heterocycles. The van der Waals surface area contributed by atoms with Crippen molar-refractivity contribution in [1.82, 2.24) is 0 Å². The van der Waals surface area contributed by atoms with E-state index in [1.807, 2.05) is 0 Å². The molecule has 1 aromatic rings. The summed E-state index contributed by atoms with van der Waals surface area (Å²) in [5, 5.41) is 10.6. The van der Waals surface area contributed by atoms with E-state index >= 15 is 0 Å². The molecular weight excluding hydrogens is 274 g/mol. The molecule has 0 amide bonds. The molecule has 7 heteroatoms. The van der Waals surface area contributed by atoms with Gasteiger partial charge in [0.1, 0.15) is 0 Å². The maximum absolute atomic E-state index is 11.0. The van der Waals surface area contributed by atoms with Gasteiger partial charge in [-0.05, 0) is 54.1 Å². The summed E-state index contributed by atoms with van der Waals surface area (Å²) in [5.74, 6) is -1.21. The van der Waals surface area contributed by atoms with Crippen LogP contribution in [0.15, 0.2) is 11.0 Å². The molecule has 0 heterocycles. The van der Waals surface area contributed by atoms with Gasteiger partial charge in [0.25, 0.3) is 0 Å². The normalized spacial score (nSPS) is 11.1. The number of rotatable bonds is 3. The number of hydrogen-bond donors (Lipinski definition) is 0.